The molecule has 23 heavy (non-hydrogen) atoms. The van der Waals surface area contributed by atoms with Crippen molar-refractivity contribution >= 4 is 38.7 Å². The first kappa shape index (κ1) is 18.0. The first-order valence-corrected chi connectivity index (χ1v) is 9.64. The predicted octanol–water partition coefficient (Wildman–Crippen LogP) is 2.02. The molecule has 0 amide bonds. The Balaban J connectivity index is 2.17. The Hall–Kier alpha value is -1.38. The highest BCUT2D eigenvalue weighted by atomic mass is 32.2. The second-order valence-electron chi connectivity index (χ2n) is 6.05. The maximum atomic E-state index is 11.6. The number of sulfonamides is 1. The largest absolute Gasteiger partial charge is 0.376 e. The molecule has 0 aliphatic heterocycles. The number of anilines is 2. The average Bonchev–Trinajstić information content (AvgIpc) is 2.46. The molecule has 1 aromatic rings. The Morgan fingerprint density at radius 2 is 1.91 bits per heavy atom. The summed E-state index contributed by atoms with van der Waals surface area (Å²) in [5, 5.41) is 12.1. The Morgan fingerprint density at radius 3 is 2.48 bits per heavy atom. The van der Waals surface area contributed by atoms with Gasteiger partial charge in [0.15, 0.2) is 5.11 Å². The van der Waals surface area contributed by atoms with Crippen LogP contribution in [0.25, 0.3) is 0 Å². The quantitative estimate of drug-likeness (QED) is 0.716. The summed E-state index contributed by atoms with van der Waals surface area (Å²) in [6.45, 7) is 0. The van der Waals surface area contributed by atoms with Crippen LogP contribution in [-0.4, -0.2) is 33.7 Å². The fraction of sp³-hybridized carbons (Fsp3) is 0.533. The van der Waals surface area contributed by atoms with Crippen LogP contribution in [0.4, 0.5) is 11.4 Å². The molecule has 1 aromatic carbocycles. The second kappa shape index (κ2) is 7.46. The van der Waals surface area contributed by atoms with E-state index in [9.17, 15) is 8.42 Å². The van der Waals surface area contributed by atoms with Crippen LogP contribution in [0, 0.1) is 0 Å². The minimum absolute atomic E-state index is 0.0612. The van der Waals surface area contributed by atoms with E-state index in [4.69, 9.17) is 17.4 Å². The van der Waals surface area contributed by atoms with Crippen LogP contribution in [0.2, 0.25) is 0 Å². The van der Waals surface area contributed by atoms with Gasteiger partial charge in [-0.15, -0.1) is 0 Å². The van der Waals surface area contributed by atoms with E-state index in [2.05, 4.69) is 10.6 Å². The summed E-state index contributed by atoms with van der Waals surface area (Å²) in [6.07, 6.45) is 5.92. The number of primary sulfonamides is 1. The molecule has 0 heterocycles. The third-order valence-electron chi connectivity index (χ3n) is 3.97. The van der Waals surface area contributed by atoms with Gasteiger partial charge in [-0.05, 0) is 43.3 Å². The number of nitrogens with two attached hydrogens (primary N) is 1. The van der Waals surface area contributed by atoms with Crippen molar-refractivity contribution in [2.24, 2.45) is 5.14 Å². The molecule has 0 unspecified atom stereocenters. The van der Waals surface area contributed by atoms with E-state index < -0.39 is 10.0 Å². The SMILES string of the molecule is CN(C)c1ccc(S(N)(=O)=O)cc1NC(=S)NC1CCCCC1. The molecule has 6 nitrogen and oxygen atoms in total. The maximum Gasteiger partial charge on any atom is 0.238 e. The van der Waals surface area contributed by atoms with Crippen LogP contribution >= 0.6 is 12.2 Å². The zero-order valence-corrected chi connectivity index (χ0v) is 15.1. The minimum atomic E-state index is -3.75. The molecular weight excluding hydrogens is 332 g/mol. The van der Waals surface area contributed by atoms with Gasteiger partial charge in [0.05, 0.1) is 16.3 Å². The van der Waals surface area contributed by atoms with Crippen LogP contribution in [0.5, 0.6) is 0 Å². The summed E-state index contributed by atoms with van der Waals surface area (Å²) in [5.74, 6) is 0. The highest BCUT2D eigenvalue weighted by Gasteiger charge is 2.16. The number of benzene rings is 1. The van der Waals surface area contributed by atoms with Crippen molar-refractivity contribution < 1.29 is 8.42 Å². The van der Waals surface area contributed by atoms with Crippen molar-refractivity contribution in [1.29, 1.82) is 0 Å². The topological polar surface area (TPSA) is 87.5 Å². The number of hydrogen-bond donors (Lipinski definition) is 3. The van der Waals surface area contributed by atoms with E-state index in [1.807, 2.05) is 19.0 Å². The lowest BCUT2D eigenvalue weighted by molar-refractivity contribution is 0.415. The highest BCUT2D eigenvalue weighted by Crippen LogP contribution is 2.27. The number of nitrogens with zero attached hydrogens (tertiary/aromatic N) is 1. The molecular formula is C15H24N4O2S2. The molecule has 0 saturated heterocycles. The Morgan fingerprint density at radius 1 is 1.26 bits per heavy atom. The fourth-order valence-electron chi connectivity index (χ4n) is 2.77. The summed E-state index contributed by atoms with van der Waals surface area (Å²) in [4.78, 5) is 1.95. The maximum absolute atomic E-state index is 11.6. The zero-order chi connectivity index (χ0) is 17.0. The third-order valence-corrected chi connectivity index (χ3v) is 5.10. The van der Waals surface area contributed by atoms with Gasteiger partial charge in [0, 0.05) is 20.1 Å². The van der Waals surface area contributed by atoms with E-state index in [1.165, 1.54) is 31.4 Å². The Kier molecular flexibility index (Phi) is 5.83. The smallest absolute Gasteiger partial charge is 0.238 e. The van der Waals surface area contributed by atoms with Gasteiger partial charge in [-0.1, -0.05) is 19.3 Å². The molecule has 0 atom stereocenters. The molecule has 0 aromatic heterocycles. The van der Waals surface area contributed by atoms with Crippen LogP contribution in [0.1, 0.15) is 32.1 Å². The normalized spacial score (nSPS) is 16.0. The lowest BCUT2D eigenvalue weighted by atomic mass is 9.96. The molecule has 128 valence electrons. The molecule has 1 fully saturated rings. The summed E-state index contributed by atoms with van der Waals surface area (Å²) in [5.41, 5.74) is 1.46. The minimum Gasteiger partial charge on any atom is -0.376 e. The van der Waals surface area contributed by atoms with Gasteiger partial charge in [0.2, 0.25) is 10.0 Å². The molecule has 0 bridgehead atoms. The molecule has 1 aliphatic carbocycles. The highest BCUT2D eigenvalue weighted by molar-refractivity contribution is 7.89. The molecule has 1 aliphatic rings. The number of hydrogen-bond acceptors (Lipinski definition) is 4. The van der Waals surface area contributed by atoms with Crippen LogP contribution < -0.4 is 20.7 Å². The van der Waals surface area contributed by atoms with Crippen molar-refractivity contribution in [2.45, 2.75) is 43.0 Å². The lowest BCUT2D eigenvalue weighted by Gasteiger charge is -2.25. The number of thiocarbonyl (C=S) groups is 1. The van der Waals surface area contributed by atoms with Gasteiger partial charge in [-0.25, -0.2) is 13.6 Å². The standard InChI is InChI=1S/C15H24N4O2S2/c1-19(2)14-9-8-12(23(16,20)21)10-13(14)18-15(22)17-11-6-4-3-5-7-11/h8-11H,3-7H2,1-2H3,(H2,16,20,21)(H2,17,18,22). The van der Waals surface area contributed by atoms with Crippen molar-refractivity contribution in [3.8, 4) is 0 Å². The van der Waals surface area contributed by atoms with E-state index in [1.54, 1.807) is 6.07 Å². The monoisotopic (exact) mass is 356 g/mol. The summed E-state index contributed by atoms with van der Waals surface area (Å²) >= 11 is 5.38. The predicted molar refractivity (Wildman–Crippen MR) is 98.4 cm³/mol. The van der Waals surface area contributed by atoms with Gasteiger partial charge < -0.3 is 15.5 Å². The summed E-state index contributed by atoms with van der Waals surface area (Å²) in [7, 11) is 0.0144. The van der Waals surface area contributed by atoms with E-state index in [0.29, 0.717) is 16.8 Å². The van der Waals surface area contributed by atoms with Crippen molar-refractivity contribution in [3.63, 3.8) is 0 Å². The van der Waals surface area contributed by atoms with Crippen LogP contribution in [-0.2, 0) is 10.0 Å². The Labute approximate surface area is 143 Å². The van der Waals surface area contributed by atoms with Crippen molar-refractivity contribution in [3.05, 3.63) is 18.2 Å². The second-order valence-corrected chi connectivity index (χ2v) is 8.02. The molecule has 8 heteroatoms. The number of rotatable bonds is 4. The molecule has 0 spiro atoms. The summed E-state index contributed by atoms with van der Waals surface area (Å²) in [6, 6.07) is 5.10. The molecule has 2 rings (SSSR count). The van der Waals surface area contributed by atoms with Crippen molar-refractivity contribution in [1.82, 2.24) is 5.32 Å². The average molecular weight is 357 g/mol. The van der Waals surface area contributed by atoms with E-state index in [0.717, 1.165) is 18.5 Å². The van der Waals surface area contributed by atoms with Crippen LogP contribution in [0.3, 0.4) is 0 Å². The number of nitrogens with one attached hydrogen (secondary N) is 2. The van der Waals surface area contributed by atoms with Gasteiger partial charge in [-0.2, -0.15) is 0 Å². The molecule has 1 saturated carbocycles. The molecule has 4 N–H and O–H groups in total. The third kappa shape index (κ3) is 5.05. The fourth-order valence-corrected chi connectivity index (χ4v) is 3.59. The van der Waals surface area contributed by atoms with Gasteiger partial charge in [0.25, 0.3) is 0 Å². The van der Waals surface area contributed by atoms with Gasteiger partial charge in [0.1, 0.15) is 0 Å². The first-order valence-electron chi connectivity index (χ1n) is 7.69. The van der Waals surface area contributed by atoms with Gasteiger partial charge in [-0.3, -0.25) is 0 Å². The van der Waals surface area contributed by atoms with E-state index >= 15 is 0 Å². The van der Waals surface area contributed by atoms with Gasteiger partial charge >= 0.3 is 0 Å². The lowest BCUT2D eigenvalue weighted by Crippen LogP contribution is -2.39. The molecule has 0 radical (unpaired) electrons. The van der Waals surface area contributed by atoms with Crippen molar-refractivity contribution in [2.75, 3.05) is 24.3 Å². The van der Waals surface area contributed by atoms with Crippen LogP contribution in [0.15, 0.2) is 23.1 Å². The Bertz CT molecular complexity index is 668. The first-order chi connectivity index (χ1) is 10.8. The zero-order valence-electron chi connectivity index (χ0n) is 13.5. The van der Waals surface area contributed by atoms with E-state index in [-0.39, 0.29) is 4.90 Å². The summed E-state index contributed by atoms with van der Waals surface area (Å²) < 4.78 is 23.1.